The largest absolute Gasteiger partial charge is 0.484 e. The third kappa shape index (κ3) is 5.92. The molecule has 166 valence electrons. The number of carbonyl (C=O) groups is 2. The van der Waals surface area contributed by atoms with Crippen molar-refractivity contribution in [2.45, 2.75) is 50.0 Å². The Hall–Kier alpha value is -2.71. The van der Waals surface area contributed by atoms with E-state index in [1.54, 1.807) is 43.4 Å². The maximum Gasteiger partial charge on any atom is 0.262 e. The molecule has 0 radical (unpaired) electrons. The lowest BCUT2D eigenvalue weighted by atomic mass is 9.96. The van der Waals surface area contributed by atoms with Crippen molar-refractivity contribution in [3.05, 3.63) is 54.1 Å². The number of amides is 1. The van der Waals surface area contributed by atoms with Crippen molar-refractivity contribution in [3.8, 4) is 5.75 Å². The highest BCUT2D eigenvalue weighted by molar-refractivity contribution is 7.89. The van der Waals surface area contributed by atoms with Crippen molar-refractivity contribution in [1.29, 1.82) is 0 Å². The van der Waals surface area contributed by atoms with Crippen molar-refractivity contribution in [2.75, 3.05) is 19.0 Å². The Labute approximate surface area is 183 Å². The third-order valence-corrected chi connectivity index (χ3v) is 7.46. The van der Waals surface area contributed by atoms with Crippen LogP contribution in [0.25, 0.3) is 0 Å². The molecule has 0 unspecified atom stereocenters. The maximum atomic E-state index is 12.9. The van der Waals surface area contributed by atoms with E-state index in [1.165, 1.54) is 23.4 Å². The fourth-order valence-corrected chi connectivity index (χ4v) is 5.07. The molecule has 0 aliphatic heterocycles. The topological polar surface area (TPSA) is 92.8 Å². The van der Waals surface area contributed by atoms with Crippen molar-refractivity contribution in [3.63, 3.8) is 0 Å². The highest BCUT2D eigenvalue weighted by Gasteiger charge is 2.28. The van der Waals surface area contributed by atoms with E-state index in [9.17, 15) is 18.0 Å². The molecule has 0 spiro atoms. The number of nitrogens with one attached hydrogen (secondary N) is 1. The van der Waals surface area contributed by atoms with Crippen LogP contribution < -0.4 is 10.1 Å². The van der Waals surface area contributed by atoms with E-state index in [1.807, 2.05) is 0 Å². The minimum atomic E-state index is -3.57. The quantitative estimate of drug-likeness (QED) is 0.624. The SMILES string of the molecule is CC(=O)c1ccc(OCC(=O)Nc2ccc(S(=O)(=O)N(C)C3CCCCC3)cc2)cc1. The normalized spacial score (nSPS) is 14.9. The first-order valence-electron chi connectivity index (χ1n) is 10.4. The van der Waals surface area contributed by atoms with E-state index in [0.29, 0.717) is 17.0 Å². The lowest BCUT2D eigenvalue weighted by Gasteiger charge is -2.30. The molecule has 1 aliphatic carbocycles. The first-order valence-corrected chi connectivity index (χ1v) is 11.8. The summed E-state index contributed by atoms with van der Waals surface area (Å²) in [6.45, 7) is 1.28. The molecule has 2 aromatic rings. The summed E-state index contributed by atoms with van der Waals surface area (Å²) in [7, 11) is -1.93. The van der Waals surface area contributed by atoms with Crippen LogP contribution in [-0.2, 0) is 14.8 Å². The highest BCUT2D eigenvalue weighted by Crippen LogP contribution is 2.27. The van der Waals surface area contributed by atoms with E-state index in [-0.39, 0.29) is 29.2 Å². The summed E-state index contributed by atoms with van der Waals surface area (Å²) in [5.74, 6) is 0.0672. The van der Waals surface area contributed by atoms with Gasteiger partial charge >= 0.3 is 0 Å². The molecule has 7 nitrogen and oxygen atoms in total. The van der Waals surface area contributed by atoms with Crippen molar-refractivity contribution in [2.24, 2.45) is 0 Å². The summed E-state index contributed by atoms with van der Waals surface area (Å²) in [4.78, 5) is 23.6. The van der Waals surface area contributed by atoms with Crippen LogP contribution in [-0.4, -0.2) is 44.1 Å². The molecular weight excluding hydrogens is 416 g/mol. The van der Waals surface area contributed by atoms with Gasteiger partial charge in [0.2, 0.25) is 10.0 Å². The molecular formula is C23H28N2O5S. The van der Waals surface area contributed by atoms with E-state index in [0.717, 1.165) is 32.1 Å². The molecule has 31 heavy (non-hydrogen) atoms. The van der Waals surface area contributed by atoms with Crippen LogP contribution in [0.5, 0.6) is 5.75 Å². The minimum absolute atomic E-state index is 0.0415. The molecule has 1 amide bonds. The number of nitrogens with zero attached hydrogens (tertiary/aromatic N) is 1. The molecule has 0 saturated heterocycles. The summed E-state index contributed by atoms with van der Waals surface area (Å²) in [6, 6.07) is 12.7. The lowest BCUT2D eigenvalue weighted by molar-refractivity contribution is -0.118. The Balaban J connectivity index is 1.55. The number of ketones is 1. The Bertz CT molecular complexity index is 1010. The van der Waals surface area contributed by atoms with Gasteiger partial charge in [-0.15, -0.1) is 0 Å². The highest BCUT2D eigenvalue weighted by atomic mass is 32.2. The second kappa shape index (κ2) is 10.1. The molecule has 1 aliphatic rings. The Morgan fingerprint density at radius 3 is 2.19 bits per heavy atom. The minimum Gasteiger partial charge on any atom is -0.484 e. The summed E-state index contributed by atoms with van der Waals surface area (Å²) < 4.78 is 32.7. The number of sulfonamides is 1. The average molecular weight is 445 g/mol. The number of rotatable bonds is 8. The van der Waals surface area contributed by atoms with E-state index in [4.69, 9.17) is 4.74 Å². The zero-order valence-corrected chi connectivity index (χ0v) is 18.7. The Morgan fingerprint density at radius 1 is 1.00 bits per heavy atom. The van der Waals surface area contributed by atoms with E-state index in [2.05, 4.69) is 5.32 Å². The molecule has 3 rings (SSSR count). The Kier molecular flexibility index (Phi) is 7.46. The molecule has 1 N–H and O–H groups in total. The van der Waals surface area contributed by atoms with Crippen LogP contribution in [0.4, 0.5) is 5.69 Å². The molecule has 0 heterocycles. The number of ether oxygens (including phenoxy) is 1. The molecule has 1 fully saturated rings. The Morgan fingerprint density at radius 2 is 1.61 bits per heavy atom. The van der Waals surface area contributed by atoms with Crippen molar-refractivity contribution >= 4 is 27.4 Å². The standard InChI is InChI=1S/C23H28N2O5S/c1-17(26)18-8-12-21(13-9-18)30-16-23(27)24-19-10-14-22(15-11-19)31(28,29)25(2)20-6-4-3-5-7-20/h8-15,20H,3-7,16H2,1-2H3,(H,24,27). The van der Waals surface area contributed by atoms with Gasteiger partial charge in [0.1, 0.15) is 5.75 Å². The molecule has 0 atom stereocenters. The average Bonchev–Trinajstić information content (AvgIpc) is 2.78. The van der Waals surface area contributed by atoms with Crippen LogP contribution in [0.2, 0.25) is 0 Å². The number of carbonyl (C=O) groups excluding carboxylic acids is 2. The van der Waals surface area contributed by atoms with Crippen LogP contribution in [0, 0.1) is 0 Å². The van der Waals surface area contributed by atoms with Gasteiger partial charge in [0.05, 0.1) is 4.90 Å². The van der Waals surface area contributed by atoms with Crippen molar-refractivity contribution < 1.29 is 22.7 Å². The lowest BCUT2D eigenvalue weighted by Crippen LogP contribution is -2.38. The summed E-state index contributed by atoms with van der Waals surface area (Å²) in [5.41, 5.74) is 1.06. The monoisotopic (exact) mass is 444 g/mol. The first kappa shape index (κ1) is 23.0. The zero-order chi connectivity index (χ0) is 22.4. The maximum absolute atomic E-state index is 12.9. The summed E-state index contributed by atoms with van der Waals surface area (Å²) in [5, 5.41) is 2.69. The number of benzene rings is 2. The first-order chi connectivity index (χ1) is 14.8. The van der Waals surface area contributed by atoms with Crippen molar-refractivity contribution in [1.82, 2.24) is 4.31 Å². The predicted molar refractivity (Wildman–Crippen MR) is 119 cm³/mol. The molecule has 0 aromatic heterocycles. The van der Waals surface area contributed by atoms with Gasteiger partial charge in [0, 0.05) is 24.3 Å². The van der Waals surface area contributed by atoms with E-state index >= 15 is 0 Å². The van der Waals surface area contributed by atoms with Gasteiger partial charge in [-0.25, -0.2) is 8.42 Å². The summed E-state index contributed by atoms with van der Waals surface area (Å²) >= 11 is 0. The van der Waals surface area contributed by atoms with Gasteiger partial charge in [-0.05, 0) is 68.3 Å². The zero-order valence-electron chi connectivity index (χ0n) is 17.8. The number of hydrogen-bond acceptors (Lipinski definition) is 5. The van der Waals surface area contributed by atoms with Crippen LogP contribution in [0.1, 0.15) is 49.4 Å². The fraction of sp³-hybridized carbons (Fsp3) is 0.391. The van der Waals surface area contributed by atoms with Gasteiger partial charge in [-0.2, -0.15) is 4.31 Å². The van der Waals surface area contributed by atoms with Gasteiger partial charge in [-0.3, -0.25) is 9.59 Å². The predicted octanol–water partition coefficient (Wildman–Crippen LogP) is 3.86. The summed E-state index contributed by atoms with van der Waals surface area (Å²) in [6.07, 6.45) is 5.05. The van der Waals surface area contributed by atoms with Crippen LogP contribution in [0.15, 0.2) is 53.4 Å². The van der Waals surface area contributed by atoms with E-state index < -0.39 is 10.0 Å². The molecule has 8 heteroatoms. The molecule has 1 saturated carbocycles. The van der Waals surface area contributed by atoms with Gasteiger partial charge in [0.15, 0.2) is 12.4 Å². The number of Topliss-reactive ketones (excluding diaryl/α,β-unsaturated/α-hetero) is 1. The number of anilines is 1. The molecule has 0 bridgehead atoms. The third-order valence-electron chi connectivity index (χ3n) is 5.53. The molecule has 2 aromatic carbocycles. The smallest absolute Gasteiger partial charge is 0.262 e. The second-order valence-electron chi connectivity index (χ2n) is 7.75. The van der Waals surface area contributed by atoms with Gasteiger partial charge in [-0.1, -0.05) is 19.3 Å². The van der Waals surface area contributed by atoms with Gasteiger partial charge in [0.25, 0.3) is 5.91 Å². The second-order valence-corrected chi connectivity index (χ2v) is 9.75. The van der Waals surface area contributed by atoms with Crippen LogP contribution >= 0.6 is 0 Å². The van der Waals surface area contributed by atoms with Gasteiger partial charge < -0.3 is 10.1 Å². The number of hydrogen-bond donors (Lipinski definition) is 1. The van der Waals surface area contributed by atoms with Crippen LogP contribution in [0.3, 0.4) is 0 Å². The fourth-order valence-electron chi connectivity index (χ4n) is 3.65.